The molecule has 0 spiro atoms. The highest BCUT2D eigenvalue weighted by atomic mass is 16.6. The van der Waals surface area contributed by atoms with Crippen LogP contribution in [0.1, 0.15) is 135 Å². The van der Waals surface area contributed by atoms with Crippen LogP contribution in [0.2, 0.25) is 0 Å². The summed E-state index contributed by atoms with van der Waals surface area (Å²) >= 11 is 0. The maximum atomic E-state index is 11.8. The van der Waals surface area contributed by atoms with Gasteiger partial charge in [0.25, 0.3) is 0 Å². The van der Waals surface area contributed by atoms with Crippen LogP contribution in [-0.4, -0.2) is 36.5 Å². The molecule has 0 radical (unpaired) electrons. The van der Waals surface area contributed by atoms with Crippen LogP contribution >= 0.6 is 0 Å². The van der Waals surface area contributed by atoms with Gasteiger partial charge in [0.1, 0.15) is 0 Å². The van der Waals surface area contributed by atoms with Crippen molar-refractivity contribution in [1.82, 2.24) is 0 Å². The van der Waals surface area contributed by atoms with Crippen LogP contribution in [0.4, 0.5) is 0 Å². The van der Waals surface area contributed by atoms with Gasteiger partial charge in [-0.15, -0.1) is 0 Å². The van der Waals surface area contributed by atoms with Crippen molar-refractivity contribution in [1.29, 1.82) is 0 Å². The third-order valence-electron chi connectivity index (χ3n) is 6.38. The van der Waals surface area contributed by atoms with E-state index in [1.807, 2.05) is 0 Å². The number of unbranched alkanes of at least 4 members (excludes halogenated alkanes) is 14. The Morgan fingerprint density at radius 3 is 2.16 bits per heavy atom. The Kier molecular flexibility index (Phi) is 20.0. The molecule has 1 heterocycles. The Morgan fingerprint density at radius 1 is 0.781 bits per heavy atom. The molecule has 0 aromatic carbocycles. The molecule has 1 saturated heterocycles. The Balaban J connectivity index is 1.75. The van der Waals surface area contributed by atoms with Gasteiger partial charge in [-0.1, -0.05) is 96.1 Å². The van der Waals surface area contributed by atoms with Gasteiger partial charge in [0.15, 0.2) is 0 Å². The summed E-state index contributed by atoms with van der Waals surface area (Å²) in [4.78, 5) is 11.8. The third-order valence-corrected chi connectivity index (χ3v) is 6.38. The quantitative estimate of drug-likeness (QED) is 0.0706. The lowest BCUT2D eigenvalue weighted by Gasteiger charge is -2.05. The number of hydrogen-bond donors (Lipinski definition) is 1. The molecule has 0 aliphatic carbocycles. The number of allylic oxidation sites excluding steroid dienone is 1. The van der Waals surface area contributed by atoms with Gasteiger partial charge in [0, 0.05) is 13.0 Å². The Morgan fingerprint density at radius 2 is 1.44 bits per heavy atom. The molecule has 0 aromatic heterocycles. The number of rotatable bonds is 24. The summed E-state index contributed by atoms with van der Waals surface area (Å²) < 4.78 is 11.1. The van der Waals surface area contributed by atoms with E-state index in [0.29, 0.717) is 31.8 Å². The van der Waals surface area contributed by atoms with Gasteiger partial charge in [0.05, 0.1) is 18.8 Å². The van der Waals surface area contributed by atoms with Gasteiger partial charge in [0.2, 0.25) is 0 Å². The summed E-state index contributed by atoms with van der Waals surface area (Å²) in [5, 5.41) is 8.74. The molecule has 2 atom stereocenters. The van der Waals surface area contributed by atoms with Crippen molar-refractivity contribution in [3.8, 4) is 0 Å². The highest BCUT2D eigenvalue weighted by molar-refractivity contribution is 5.69. The monoisotopic (exact) mass is 452 g/mol. The maximum Gasteiger partial charge on any atom is 0.305 e. The fourth-order valence-corrected chi connectivity index (χ4v) is 4.18. The van der Waals surface area contributed by atoms with Crippen molar-refractivity contribution in [3.63, 3.8) is 0 Å². The molecule has 1 aliphatic heterocycles. The first-order valence-electron chi connectivity index (χ1n) is 13.8. The van der Waals surface area contributed by atoms with Crippen molar-refractivity contribution in [2.45, 2.75) is 148 Å². The molecule has 0 aromatic rings. The number of hydrogen-bond acceptors (Lipinski definition) is 4. The largest absolute Gasteiger partial charge is 0.466 e. The van der Waals surface area contributed by atoms with Crippen LogP contribution in [0.25, 0.3) is 0 Å². The van der Waals surface area contributed by atoms with E-state index in [0.717, 1.165) is 51.4 Å². The van der Waals surface area contributed by atoms with Gasteiger partial charge < -0.3 is 14.6 Å². The van der Waals surface area contributed by atoms with E-state index in [1.54, 1.807) is 0 Å². The minimum absolute atomic E-state index is 0.0211. The van der Waals surface area contributed by atoms with E-state index in [9.17, 15) is 4.79 Å². The maximum absolute atomic E-state index is 11.8. The summed E-state index contributed by atoms with van der Waals surface area (Å²) in [7, 11) is 0. The van der Waals surface area contributed by atoms with E-state index >= 15 is 0 Å². The number of carbonyl (C=O) groups excluding carboxylic acids is 1. The zero-order valence-electron chi connectivity index (χ0n) is 21.0. The lowest BCUT2D eigenvalue weighted by Crippen LogP contribution is -2.05. The number of carbonyl (C=O) groups is 1. The third kappa shape index (κ3) is 18.7. The standard InChI is InChI=1S/C28H52O4/c1-2-3-16-21-26-27(32-26)22-17-12-8-4-5-9-13-18-23-28(30)31-25-20-15-11-7-6-10-14-19-24-29/h12,17,26-27,29H,2-11,13-16,18-25H2,1H3/b17-12-. The first-order chi connectivity index (χ1) is 15.8. The molecule has 1 rings (SSSR count). The molecule has 1 fully saturated rings. The van der Waals surface area contributed by atoms with Crippen molar-refractivity contribution < 1.29 is 19.4 Å². The Bertz CT molecular complexity index is 449. The van der Waals surface area contributed by atoms with E-state index in [2.05, 4.69) is 19.1 Å². The average molecular weight is 453 g/mol. The second-order valence-corrected chi connectivity index (χ2v) is 9.49. The normalized spacial score (nSPS) is 17.8. The summed E-state index contributed by atoms with van der Waals surface area (Å²) in [5.41, 5.74) is 0. The predicted octanol–water partition coefficient (Wildman–Crippen LogP) is 7.67. The van der Waals surface area contributed by atoms with E-state index in [-0.39, 0.29) is 5.97 Å². The van der Waals surface area contributed by atoms with E-state index in [4.69, 9.17) is 14.6 Å². The fourth-order valence-electron chi connectivity index (χ4n) is 4.18. The molecule has 0 bridgehead atoms. The van der Waals surface area contributed by atoms with Crippen molar-refractivity contribution in [2.75, 3.05) is 13.2 Å². The van der Waals surface area contributed by atoms with Gasteiger partial charge in [-0.25, -0.2) is 0 Å². The zero-order chi connectivity index (χ0) is 23.1. The van der Waals surface area contributed by atoms with Gasteiger partial charge in [-0.05, 0) is 44.9 Å². The minimum Gasteiger partial charge on any atom is -0.466 e. The smallest absolute Gasteiger partial charge is 0.305 e. The van der Waals surface area contributed by atoms with E-state index in [1.165, 1.54) is 70.6 Å². The van der Waals surface area contributed by atoms with Gasteiger partial charge in [-0.2, -0.15) is 0 Å². The predicted molar refractivity (Wildman–Crippen MR) is 134 cm³/mol. The summed E-state index contributed by atoms with van der Waals surface area (Å²) in [5.74, 6) is -0.0211. The molecule has 1 aliphatic rings. The van der Waals surface area contributed by atoms with Crippen LogP contribution in [0.15, 0.2) is 12.2 Å². The topological polar surface area (TPSA) is 59.1 Å². The number of aliphatic hydroxyl groups is 1. The molecule has 0 saturated carbocycles. The Labute approximate surface area is 198 Å². The second kappa shape index (κ2) is 21.9. The van der Waals surface area contributed by atoms with Crippen LogP contribution in [0.5, 0.6) is 0 Å². The number of esters is 1. The lowest BCUT2D eigenvalue weighted by molar-refractivity contribution is -0.143. The first-order valence-corrected chi connectivity index (χ1v) is 13.8. The number of aliphatic hydroxyl groups excluding tert-OH is 1. The van der Waals surface area contributed by atoms with Crippen molar-refractivity contribution >= 4 is 5.97 Å². The first kappa shape index (κ1) is 29.2. The molecular formula is C28H52O4. The van der Waals surface area contributed by atoms with Gasteiger partial charge >= 0.3 is 5.97 Å². The molecule has 2 unspecified atom stereocenters. The van der Waals surface area contributed by atoms with Crippen LogP contribution < -0.4 is 0 Å². The fraction of sp³-hybridized carbons (Fsp3) is 0.893. The second-order valence-electron chi connectivity index (χ2n) is 9.49. The summed E-state index contributed by atoms with van der Waals surface area (Å²) in [6.45, 7) is 3.15. The molecule has 4 heteroatoms. The highest BCUT2D eigenvalue weighted by Gasteiger charge is 2.36. The molecule has 32 heavy (non-hydrogen) atoms. The van der Waals surface area contributed by atoms with Gasteiger partial charge in [-0.3, -0.25) is 4.79 Å². The molecule has 0 amide bonds. The zero-order valence-corrected chi connectivity index (χ0v) is 21.0. The summed E-state index contributed by atoms with van der Waals surface area (Å²) in [6, 6.07) is 0. The van der Waals surface area contributed by atoms with Crippen molar-refractivity contribution in [3.05, 3.63) is 12.2 Å². The molecule has 1 N–H and O–H groups in total. The molecule has 4 nitrogen and oxygen atoms in total. The number of ether oxygens (including phenoxy) is 2. The van der Waals surface area contributed by atoms with Crippen molar-refractivity contribution in [2.24, 2.45) is 0 Å². The van der Waals surface area contributed by atoms with Crippen LogP contribution in [0.3, 0.4) is 0 Å². The lowest BCUT2D eigenvalue weighted by atomic mass is 10.1. The van der Waals surface area contributed by atoms with Crippen LogP contribution in [-0.2, 0) is 14.3 Å². The minimum atomic E-state index is -0.0211. The molecule has 188 valence electrons. The highest BCUT2D eigenvalue weighted by Crippen LogP contribution is 2.30. The average Bonchev–Trinajstić information content (AvgIpc) is 3.54. The molecular weight excluding hydrogens is 400 g/mol. The number of epoxide rings is 1. The van der Waals surface area contributed by atoms with E-state index < -0.39 is 0 Å². The van der Waals surface area contributed by atoms with Crippen LogP contribution in [0, 0.1) is 0 Å². The Hall–Kier alpha value is -0.870. The summed E-state index contributed by atoms with van der Waals surface area (Å²) in [6.07, 6.45) is 28.6. The SMILES string of the molecule is CCCCCC1OC1C/C=C\CCCCCCCC(=O)OCCCCCCCCCCO.